The molecule has 2 heterocycles. The minimum absolute atomic E-state index is 0.0460. The predicted octanol–water partition coefficient (Wildman–Crippen LogP) is 2.71. The van der Waals surface area contributed by atoms with Crippen molar-refractivity contribution >= 4 is 11.8 Å². The first-order valence-corrected chi connectivity index (χ1v) is 8.03. The Morgan fingerprint density at radius 2 is 1.86 bits per heavy atom. The molecule has 0 radical (unpaired) electrons. The summed E-state index contributed by atoms with van der Waals surface area (Å²) in [6, 6.07) is 0.0460. The van der Waals surface area contributed by atoms with Crippen molar-refractivity contribution in [2.24, 2.45) is 12.8 Å². The molecule has 114 valence electrons. The van der Waals surface area contributed by atoms with Gasteiger partial charge in [-0.15, -0.1) is 0 Å². The highest BCUT2D eigenvalue weighted by Crippen LogP contribution is 2.36. The summed E-state index contributed by atoms with van der Waals surface area (Å²) < 4.78 is 1.80. The third-order valence-electron chi connectivity index (χ3n) is 3.76. The van der Waals surface area contributed by atoms with Crippen LogP contribution in [0.2, 0.25) is 0 Å². The number of hydrogen-bond donors (Lipinski definition) is 1. The Morgan fingerprint density at radius 1 is 1.24 bits per heavy atom. The Bertz CT molecular complexity index is 599. The number of aryl methyl sites for hydroxylation is 3. The maximum atomic E-state index is 6.30. The summed E-state index contributed by atoms with van der Waals surface area (Å²) in [6.07, 6.45) is 4.79. The highest BCUT2D eigenvalue weighted by atomic mass is 32.2. The quantitative estimate of drug-likeness (QED) is 0.679. The van der Waals surface area contributed by atoms with Gasteiger partial charge >= 0.3 is 0 Å². The lowest BCUT2D eigenvalue weighted by molar-refractivity contribution is 0.631. The van der Waals surface area contributed by atoms with Crippen LogP contribution in [0, 0.1) is 20.8 Å². The molecule has 2 aromatic rings. The number of thioether (sulfide) groups is 1. The van der Waals surface area contributed by atoms with E-state index in [2.05, 4.69) is 28.9 Å². The van der Waals surface area contributed by atoms with Crippen molar-refractivity contribution in [3.05, 3.63) is 34.9 Å². The first kappa shape index (κ1) is 16.0. The van der Waals surface area contributed by atoms with Gasteiger partial charge < -0.3 is 5.73 Å². The Hall–Kier alpha value is -1.40. The summed E-state index contributed by atoms with van der Waals surface area (Å²) in [5.41, 5.74) is 10.6. The predicted molar refractivity (Wildman–Crippen MR) is 86.3 cm³/mol. The number of hydrogen-bond acceptors (Lipinski definition) is 5. The van der Waals surface area contributed by atoms with Crippen LogP contribution in [0.1, 0.15) is 41.1 Å². The summed E-state index contributed by atoms with van der Waals surface area (Å²) in [7, 11) is 1.92. The second-order valence-corrected chi connectivity index (χ2v) is 6.47. The Labute approximate surface area is 130 Å². The SMILES string of the molecule is CCC(N)C(Sc1nc(C)c(C)c(C)n1)c1cnn(C)c1. The molecule has 0 aliphatic heterocycles. The molecular formula is C15H23N5S. The molecule has 5 nitrogen and oxygen atoms in total. The topological polar surface area (TPSA) is 69.6 Å². The second kappa shape index (κ2) is 6.58. The van der Waals surface area contributed by atoms with E-state index in [1.54, 1.807) is 16.4 Å². The van der Waals surface area contributed by atoms with E-state index in [9.17, 15) is 0 Å². The maximum absolute atomic E-state index is 6.30. The van der Waals surface area contributed by atoms with Gasteiger partial charge in [0.1, 0.15) is 0 Å². The summed E-state index contributed by atoms with van der Waals surface area (Å²) in [5.74, 6) is 0. The van der Waals surface area contributed by atoms with Crippen molar-refractivity contribution in [3.63, 3.8) is 0 Å². The summed E-state index contributed by atoms with van der Waals surface area (Å²) in [6.45, 7) is 8.19. The third-order valence-corrected chi connectivity index (χ3v) is 5.03. The molecule has 0 spiro atoms. The zero-order valence-corrected chi connectivity index (χ0v) is 14.1. The van der Waals surface area contributed by atoms with Gasteiger partial charge in [-0.2, -0.15) is 5.10 Å². The van der Waals surface area contributed by atoms with Crippen molar-refractivity contribution in [1.29, 1.82) is 0 Å². The van der Waals surface area contributed by atoms with Crippen LogP contribution in [-0.4, -0.2) is 25.8 Å². The lowest BCUT2D eigenvalue weighted by atomic mass is 10.1. The second-order valence-electron chi connectivity index (χ2n) is 5.36. The molecule has 0 fully saturated rings. The van der Waals surface area contributed by atoms with E-state index in [-0.39, 0.29) is 11.3 Å². The minimum Gasteiger partial charge on any atom is -0.326 e. The number of rotatable bonds is 5. The molecule has 6 heteroatoms. The molecule has 0 aliphatic carbocycles. The van der Waals surface area contributed by atoms with Gasteiger partial charge in [0.25, 0.3) is 0 Å². The van der Waals surface area contributed by atoms with Crippen LogP contribution >= 0.6 is 11.8 Å². The van der Waals surface area contributed by atoms with Crippen molar-refractivity contribution in [2.45, 2.75) is 50.6 Å². The van der Waals surface area contributed by atoms with Gasteiger partial charge in [0.2, 0.25) is 0 Å². The molecule has 0 aromatic carbocycles. The maximum Gasteiger partial charge on any atom is 0.188 e. The largest absolute Gasteiger partial charge is 0.326 e. The zero-order valence-electron chi connectivity index (χ0n) is 13.3. The van der Waals surface area contributed by atoms with Gasteiger partial charge in [0.15, 0.2) is 5.16 Å². The van der Waals surface area contributed by atoms with E-state index in [0.717, 1.165) is 34.1 Å². The first-order valence-electron chi connectivity index (χ1n) is 7.15. The molecule has 2 unspecified atom stereocenters. The van der Waals surface area contributed by atoms with Crippen LogP contribution < -0.4 is 5.73 Å². The average molecular weight is 305 g/mol. The van der Waals surface area contributed by atoms with Crippen LogP contribution in [0.3, 0.4) is 0 Å². The fourth-order valence-electron chi connectivity index (χ4n) is 2.11. The molecule has 0 amide bonds. The highest BCUT2D eigenvalue weighted by molar-refractivity contribution is 7.99. The van der Waals surface area contributed by atoms with Crippen LogP contribution in [0.25, 0.3) is 0 Å². The molecular weight excluding hydrogens is 282 g/mol. The molecule has 2 atom stereocenters. The van der Waals surface area contributed by atoms with E-state index in [1.807, 2.05) is 33.3 Å². The fourth-order valence-corrected chi connectivity index (χ4v) is 3.34. The van der Waals surface area contributed by atoms with E-state index in [1.165, 1.54) is 0 Å². The lowest BCUT2D eigenvalue weighted by Crippen LogP contribution is -2.25. The molecule has 0 saturated heterocycles. The number of aromatic nitrogens is 4. The van der Waals surface area contributed by atoms with Gasteiger partial charge in [0.05, 0.1) is 11.4 Å². The Kier molecular flexibility index (Phi) is 5.00. The molecule has 21 heavy (non-hydrogen) atoms. The van der Waals surface area contributed by atoms with Crippen molar-refractivity contribution in [2.75, 3.05) is 0 Å². The molecule has 0 saturated carbocycles. The summed E-state index contributed by atoms with van der Waals surface area (Å²) in [4.78, 5) is 9.18. The van der Waals surface area contributed by atoms with Crippen LogP contribution in [0.15, 0.2) is 17.6 Å². The molecule has 2 aromatic heterocycles. The van der Waals surface area contributed by atoms with Crippen molar-refractivity contribution in [1.82, 2.24) is 19.7 Å². The smallest absolute Gasteiger partial charge is 0.188 e. The van der Waals surface area contributed by atoms with Crippen LogP contribution in [0.5, 0.6) is 0 Å². The van der Waals surface area contributed by atoms with Crippen molar-refractivity contribution in [3.8, 4) is 0 Å². The highest BCUT2D eigenvalue weighted by Gasteiger charge is 2.23. The van der Waals surface area contributed by atoms with Crippen LogP contribution in [0.4, 0.5) is 0 Å². The van der Waals surface area contributed by atoms with Gasteiger partial charge in [-0.25, -0.2) is 9.97 Å². The fraction of sp³-hybridized carbons (Fsp3) is 0.533. The van der Waals surface area contributed by atoms with Gasteiger partial charge in [-0.1, -0.05) is 18.7 Å². The molecule has 2 rings (SSSR count). The van der Waals surface area contributed by atoms with E-state index >= 15 is 0 Å². The average Bonchev–Trinajstić information content (AvgIpc) is 2.87. The monoisotopic (exact) mass is 305 g/mol. The Morgan fingerprint density at radius 3 is 2.33 bits per heavy atom. The molecule has 0 aliphatic rings. The van der Waals surface area contributed by atoms with E-state index < -0.39 is 0 Å². The van der Waals surface area contributed by atoms with Gasteiger partial charge in [-0.3, -0.25) is 4.68 Å². The Balaban J connectivity index is 2.31. The minimum atomic E-state index is 0.0460. The van der Waals surface area contributed by atoms with Gasteiger partial charge in [-0.05, 0) is 32.8 Å². The van der Waals surface area contributed by atoms with E-state index in [0.29, 0.717) is 0 Å². The van der Waals surface area contributed by atoms with Crippen molar-refractivity contribution < 1.29 is 0 Å². The molecule has 2 N–H and O–H groups in total. The first-order chi connectivity index (χ1) is 9.92. The van der Waals surface area contributed by atoms with E-state index in [4.69, 9.17) is 5.73 Å². The van der Waals surface area contributed by atoms with Crippen LogP contribution in [-0.2, 0) is 7.05 Å². The normalized spacial score (nSPS) is 14.2. The number of nitrogens with two attached hydrogens (primary N) is 1. The third kappa shape index (κ3) is 3.63. The zero-order chi connectivity index (χ0) is 15.6. The lowest BCUT2D eigenvalue weighted by Gasteiger charge is -2.21. The number of nitrogens with zero attached hydrogens (tertiary/aromatic N) is 4. The standard InChI is InChI=1S/C15H23N5S/c1-6-13(16)14(12-7-17-20(5)8-12)21-15-18-10(3)9(2)11(4)19-15/h7-8,13-14H,6,16H2,1-5H3. The van der Waals surface area contributed by atoms with Gasteiger partial charge in [0, 0.05) is 36.2 Å². The molecule has 0 bridgehead atoms. The summed E-state index contributed by atoms with van der Waals surface area (Å²) >= 11 is 1.62. The summed E-state index contributed by atoms with van der Waals surface area (Å²) in [5, 5.41) is 5.15.